The van der Waals surface area contributed by atoms with Crippen LogP contribution in [0.25, 0.3) is 0 Å². The van der Waals surface area contributed by atoms with Gasteiger partial charge < -0.3 is 15.7 Å². The molecule has 0 radical (unpaired) electrons. The lowest BCUT2D eigenvalue weighted by atomic mass is 10.2. The summed E-state index contributed by atoms with van der Waals surface area (Å²) in [5.74, 6) is 5.56. The molecule has 0 aliphatic heterocycles. The lowest BCUT2D eigenvalue weighted by molar-refractivity contribution is 0.0791. The third-order valence-corrected chi connectivity index (χ3v) is 3.09. The average Bonchev–Trinajstić information content (AvgIpc) is 2.80. The van der Waals surface area contributed by atoms with E-state index in [4.69, 9.17) is 10.8 Å². The maximum absolute atomic E-state index is 12.1. The number of nitrogens with zero attached hydrogens (tertiary/aromatic N) is 1. The van der Waals surface area contributed by atoms with Crippen LogP contribution in [-0.4, -0.2) is 42.7 Å². The molecule has 1 rings (SSSR count). The largest absolute Gasteiger partial charge is 0.396 e. The molecule has 1 heterocycles. The Balaban J connectivity index is 2.78. The molecule has 92 valence electrons. The molecule has 0 bridgehead atoms. The molecule has 0 aliphatic carbocycles. The van der Waals surface area contributed by atoms with E-state index in [2.05, 4.69) is 11.8 Å². The van der Waals surface area contributed by atoms with E-state index in [9.17, 15) is 4.79 Å². The minimum atomic E-state index is -0.0604. The van der Waals surface area contributed by atoms with E-state index in [0.29, 0.717) is 17.8 Å². The highest BCUT2D eigenvalue weighted by Gasteiger charge is 2.15. The van der Waals surface area contributed by atoms with Crippen LogP contribution >= 0.6 is 11.3 Å². The SMILES string of the molecule is CN(CCCO)C(=O)c1sccc1C#CCN. The summed E-state index contributed by atoms with van der Waals surface area (Å²) in [6.07, 6.45) is 0.581. The Labute approximate surface area is 105 Å². The van der Waals surface area contributed by atoms with Gasteiger partial charge in [0.15, 0.2) is 0 Å². The van der Waals surface area contributed by atoms with Gasteiger partial charge in [-0.15, -0.1) is 11.3 Å². The molecule has 1 aromatic heterocycles. The predicted octanol–water partition coefficient (Wildman–Crippen LogP) is 0.513. The molecule has 1 amide bonds. The molecular weight excluding hydrogens is 236 g/mol. The van der Waals surface area contributed by atoms with E-state index in [1.165, 1.54) is 11.3 Å². The highest BCUT2D eigenvalue weighted by atomic mass is 32.1. The van der Waals surface area contributed by atoms with Crippen LogP contribution in [0.15, 0.2) is 11.4 Å². The second-order valence-corrected chi connectivity index (χ2v) is 4.39. The number of aliphatic hydroxyl groups excluding tert-OH is 1. The van der Waals surface area contributed by atoms with E-state index in [0.717, 1.165) is 5.56 Å². The van der Waals surface area contributed by atoms with E-state index < -0.39 is 0 Å². The molecular formula is C12H16N2O2S. The highest BCUT2D eigenvalue weighted by molar-refractivity contribution is 7.12. The number of carbonyl (C=O) groups excluding carboxylic acids is 1. The Morgan fingerprint density at radius 2 is 2.41 bits per heavy atom. The first-order valence-corrected chi connectivity index (χ1v) is 6.21. The van der Waals surface area contributed by atoms with E-state index in [1.807, 2.05) is 11.4 Å². The van der Waals surface area contributed by atoms with Crippen LogP contribution in [0.3, 0.4) is 0 Å². The van der Waals surface area contributed by atoms with Crippen molar-refractivity contribution in [2.24, 2.45) is 5.73 Å². The fraction of sp³-hybridized carbons (Fsp3) is 0.417. The Morgan fingerprint density at radius 3 is 3.06 bits per heavy atom. The topological polar surface area (TPSA) is 66.6 Å². The summed E-state index contributed by atoms with van der Waals surface area (Å²) in [4.78, 5) is 14.3. The maximum atomic E-state index is 12.1. The normalized spacial score (nSPS) is 9.59. The van der Waals surface area contributed by atoms with Gasteiger partial charge in [-0.1, -0.05) is 11.8 Å². The monoisotopic (exact) mass is 252 g/mol. The molecule has 0 unspecified atom stereocenters. The zero-order valence-corrected chi connectivity index (χ0v) is 10.6. The van der Waals surface area contributed by atoms with Crippen LogP contribution < -0.4 is 5.73 Å². The van der Waals surface area contributed by atoms with Crippen molar-refractivity contribution in [3.05, 3.63) is 21.9 Å². The molecule has 0 aromatic carbocycles. The number of aliphatic hydroxyl groups is 1. The summed E-state index contributed by atoms with van der Waals surface area (Å²) in [6.45, 7) is 0.905. The molecule has 0 saturated heterocycles. The van der Waals surface area contributed by atoms with Crippen LogP contribution in [-0.2, 0) is 0 Å². The van der Waals surface area contributed by atoms with Gasteiger partial charge in [0, 0.05) is 25.8 Å². The van der Waals surface area contributed by atoms with E-state index in [-0.39, 0.29) is 19.1 Å². The maximum Gasteiger partial charge on any atom is 0.264 e. The standard InChI is InChI=1S/C12H16N2O2S/c1-14(7-3-8-15)12(16)11-10(4-2-6-13)5-9-17-11/h5,9,15H,3,6-8,13H2,1H3. The molecule has 0 spiro atoms. The highest BCUT2D eigenvalue weighted by Crippen LogP contribution is 2.17. The first-order valence-electron chi connectivity index (χ1n) is 5.33. The summed E-state index contributed by atoms with van der Waals surface area (Å²) < 4.78 is 0. The molecule has 1 aromatic rings. The third kappa shape index (κ3) is 3.86. The molecule has 17 heavy (non-hydrogen) atoms. The number of carbonyl (C=O) groups is 1. The second-order valence-electron chi connectivity index (χ2n) is 3.47. The zero-order chi connectivity index (χ0) is 12.7. The first-order chi connectivity index (χ1) is 8.20. The van der Waals surface area contributed by atoms with Gasteiger partial charge in [-0.2, -0.15) is 0 Å². The molecule has 5 heteroatoms. The van der Waals surface area contributed by atoms with Gasteiger partial charge in [0.05, 0.1) is 6.54 Å². The number of thiophene rings is 1. The molecule has 0 saturated carbocycles. The van der Waals surface area contributed by atoms with Gasteiger partial charge in [-0.25, -0.2) is 0 Å². The van der Waals surface area contributed by atoms with Crippen molar-refractivity contribution in [2.45, 2.75) is 6.42 Å². The summed E-state index contributed by atoms with van der Waals surface area (Å²) in [7, 11) is 1.72. The van der Waals surface area contributed by atoms with E-state index >= 15 is 0 Å². The molecule has 0 aliphatic rings. The van der Waals surface area contributed by atoms with Crippen LogP contribution in [0.2, 0.25) is 0 Å². The van der Waals surface area contributed by atoms with Crippen molar-refractivity contribution in [3.63, 3.8) is 0 Å². The van der Waals surface area contributed by atoms with Crippen molar-refractivity contribution in [2.75, 3.05) is 26.7 Å². The lowest BCUT2D eigenvalue weighted by Gasteiger charge is -2.15. The Bertz CT molecular complexity index is 431. The summed E-state index contributed by atoms with van der Waals surface area (Å²) >= 11 is 1.37. The van der Waals surface area contributed by atoms with Crippen molar-refractivity contribution >= 4 is 17.2 Å². The molecule has 0 atom stereocenters. The minimum Gasteiger partial charge on any atom is -0.396 e. The van der Waals surface area contributed by atoms with Crippen molar-refractivity contribution in [1.82, 2.24) is 4.90 Å². The Morgan fingerprint density at radius 1 is 1.65 bits per heavy atom. The number of hydrogen-bond donors (Lipinski definition) is 2. The summed E-state index contributed by atoms with van der Waals surface area (Å²) in [5.41, 5.74) is 6.03. The van der Waals surface area contributed by atoms with Crippen molar-refractivity contribution in [3.8, 4) is 11.8 Å². The third-order valence-electron chi connectivity index (χ3n) is 2.18. The van der Waals surface area contributed by atoms with Crippen LogP contribution in [0, 0.1) is 11.8 Å². The fourth-order valence-corrected chi connectivity index (χ4v) is 2.15. The average molecular weight is 252 g/mol. The Kier molecular flexibility index (Phi) is 5.70. The van der Waals surface area contributed by atoms with Crippen molar-refractivity contribution < 1.29 is 9.90 Å². The van der Waals surface area contributed by atoms with Gasteiger partial charge in [0.25, 0.3) is 5.91 Å². The van der Waals surface area contributed by atoms with Gasteiger partial charge in [0.1, 0.15) is 4.88 Å². The van der Waals surface area contributed by atoms with Crippen molar-refractivity contribution in [1.29, 1.82) is 0 Å². The summed E-state index contributed by atoms with van der Waals surface area (Å²) in [6, 6.07) is 1.82. The minimum absolute atomic E-state index is 0.0604. The quantitative estimate of drug-likeness (QED) is 0.767. The molecule has 4 nitrogen and oxygen atoms in total. The smallest absolute Gasteiger partial charge is 0.264 e. The first kappa shape index (κ1) is 13.7. The number of amides is 1. The predicted molar refractivity (Wildman–Crippen MR) is 68.9 cm³/mol. The van der Waals surface area contributed by atoms with Crippen LogP contribution in [0.4, 0.5) is 0 Å². The number of nitrogens with two attached hydrogens (primary N) is 1. The summed E-state index contributed by atoms with van der Waals surface area (Å²) in [5, 5.41) is 10.6. The van der Waals surface area contributed by atoms with Gasteiger partial charge >= 0.3 is 0 Å². The molecule has 3 N–H and O–H groups in total. The van der Waals surface area contributed by atoms with Gasteiger partial charge in [0.2, 0.25) is 0 Å². The fourth-order valence-electron chi connectivity index (χ4n) is 1.30. The molecule has 0 fully saturated rings. The lowest BCUT2D eigenvalue weighted by Crippen LogP contribution is -2.28. The van der Waals surface area contributed by atoms with E-state index in [1.54, 1.807) is 11.9 Å². The zero-order valence-electron chi connectivity index (χ0n) is 9.77. The van der Waals surface area contributed by atoms with Gasteiger partial charge in [-0.05, 0) is 17.9 Å². The second kappa shape index (κ2) is 7.07. The van der Waals surface area contributed by atoms with Crippen LogP contribution in [0.1, 0.15) is 21.7 Å². The number of rotatable bonds is 4. The Hall–Kier alpha value is -1.35. The van der Waals surface area contributed by atoms with Gasteiger partial charge in [-0.3, -0.25) is 4.79 Å². The van der Waals surface area contributed by atoms with Crippen LogP contribution in [0.5, 0.6) is 0 Å². The number of hydrogen-bond acceptors (Lipinski definition) is 4.